The van der Waals surface area contributed by atoms with Crippen molar-refractivity contribution in [3.05, 3.63) is 0 Å². The van der Waals surface area contributed by atoms with Crippen molar-refractivity contribution in [2.24, 2.45) is 17.8 Å². The van der Waals surface area contributed by atoms with Crippen molar-refractivity contribution in [1.82, 2.24) is 4.31 Å². The summed E-state index contributed by atoms with van der Waals surface area (Å²) < 4.78 is 30.4. The molecule has 1 saturated carbocycles. The van der Waals surface area contributed by atoms with Crippen molar-refractivity contribution in [1.29, 1.82) is 0 Å². The average molecular weight is 331 g/mol. The summed E-state index contributed by atoms with van der Waals surface area (Å²) in [5, 5.41) is 0. The Morgan fingerprint density at radius 1 is 1.14 bits per heavy atom. The fourth-order valence-corrected chi connectivity index (χ4v) is 4.86. The van der Waals surface area contributed by atoms with Crippen LogP contribution in [0.5, 0.6) is 0 Å². The number of piperidine rings is 1. The first-order chi connectivity index (χ1) is 10.4. The van der Waals surface area contributed by atoms with Crippen LogP contribution in [0.25, 0.3) is 0 Å². The van der Waals surface area contributed by atoms with Crippen LogP contribution in [0.2, 0.25) is 0 Å². The summed E-state index contributed by atoms with van der Waals surface area (Å²) in [6.45, 7) is 2.97. The average Bonchev–Trinajstić information content (AvgIpc) is 2.47. The summed E-state index contributed by atoms with van der Waals surface area (Å²) in [5.74, 6) is 0.420. The Labute approximate surface area is 134 Å². The van der Waals surface area contributed by atoms with Gasteiger partial charge in [0.2, 0.25) is 10.0 Å². The van der Waals surface area contributed by atoms with Crippen LogP contribution in [0.3, 0.4) is 0 Å². The zero-order valence-electron chi connectivity index (χ0n) is 13.8. The standard InChI is InChI=1S/C16H29NO4S/c1-3-21-16(18)15-10-14(9-13-7-5-4-6-8-13)11-17(12-15)22(2,19)20/h13-15H,3-12H2,1-2H3. The van der Waals surface area contributed by atoms with E-state index in [0.717, 1.165) is 12.8 Å². The molecular weight excluding hydrogens is 302 g/mol. The third-order valence-electron chi connectivity index (χ3n) is 4.98. The van der Waals surface area contributed by atoms with Gasteiger partial charge in [-0.25, -0.2) is 12.7 Å². The number of carbonyl (C=O) groups is 1. The van der Waals surface area contributed by atoms with Gasteiger partial charge < -0.3 is 4.74 Å². The minimum atomic E-state index is -3.26. The van der Waals surface area contributed by atoms with E-state index in [-0.39, 0.29) is 24.3 Å². The van der Waals surface area contributed by atoms with Crippen LogP contribution in [-0.2, 0) is 19.6 Å². The molecule has 0 aromatic heterocycles. The van der Waals surface area contributed by atoms with E-state index in [0.29, 0.717) is 19.1 Å². The molecule has 0 N–H and O–H groups in total. The van der Waals surface area contributed by atoms with Gasteiger partial charge in [-0.2, -0.15) is 0 Å². The lowest BCUT2D eigenvalue weighted by molar-refractivity contribution is -0.150. The molecule has 1 saturated heterocycles. The van der Waals surface area contributed by atoms with Gasteiger partial charge in [0, 0.05) is 13.1 Å². The van der Waals surface area contributed by atoms with E-state index in [1.807, 2.05) is 0 Å². The molecule has 1 aliphatic heterocycles. The second-order valence-electron chi connectivity index (χ2n) is 6.87. The number of hydrogen-bond acceptors (Lipinski definition) is 4. The van der Waals surface area contributed by atoms with E-state index < -0.39 is 10.0 Å². The molecule has 6 heteroatoms. The summed E-state index contributed by atoms with van der Waals surface area (Å²) in [4.78, 5) is 12.1. The lowest BCUT2D eigenvalue weighted by Gasteiger charge is -2.37. The smallest absolute Gasteiger partial charge is 0.310 e. The molecule has 2 unspecified atom stereocenters. The van der Waals surface area contributed by atoms with Gasteiger partial charge >= 0.3 is 5.97 Å². The van der Waals surface area contributed by atoms with Crippen LogP contribution in [0, 0.1) is 17.8 Å². The van der Waals surface area contributed by atoms with E-state index >= 15 is 0 Å². The Kier molecular flexibility index (Phi) is 6.26. The Bertz CT molecular complexity index is 471. The van der Waals surface area contributed by atoms with Gasteiger partial charge in [0.15, 0.2) is 0 Å². The highest BCUT2D eigenvalue weighted by molar-refractivity contribution is 7.88. The van der Waals surface area contributed by atoms with E-state index in [1.54, 1.807) is 6.92 Å². The highest BCUT2D eigenvalue weighted by Crippen LogP contribution is 2.34. The third-order valence-corrected chi connectivity index (χ3v) is 6.22. The fraction of sp³-hybridized carbons (Fsp3) is 0.938. The molecular formula is C16H29NO4S. The normalized spacial score (nSPS) is 28.5. The summed E-state index contributed by atoms with van der Waals surface area (Å²) in [6, 6.07) is 0. The van der Waals surface area contributed by atoms with Crippen molar-refractivity contribution >= 4 is 16.0 Å². The van der Waals surface area contributed by atoms with Gasteiger partial charge in [-0.3, -0.25) is 4.79 Å². The lowest BCUT2D eigenvalue weighted by atomic mass is 9.78. The lowest BCUT2D eigenvalue weighted by Crippen LogP contribution is -2.46. The molecule has 0 radical (unpaired) electrons. The number of hydrogen-bond donors (Lipinski definition) is 0. The van der Waals surface area contributed by atoms with E-state index in [4.69, 9.17) is 4.74 Å². The summed E-state index contributed by atoms with van der Waals surface area (Å²) in [6.07, 6.45) is 9.44. The molecule has 0 amide bonds. The molecule has 2 atom stereocenters. The summed E-state index contributed by atoms with van der Waals surface area (Å²) in [5.41, 5.74) is 0. The molecule has 0 spiro atoms. The minimum Gasteiger partial charge on any atom is -0.466 e. The maximum absolute atomic E-state index is 12.1. The van der Waals surface area contributed by atoms with Gasteiger partial charge in [0.1, 0.15) is 0 Å². The predicted octanol–water partition coefficient (Wildman–Crippen LogP) is 2.42. The maximum atomic E-state index is 12.1. The molecule has 128 valence electrons. The van der Waals surface area contributed by atoms with E-state index in [2.05, 4.69) is 0 Å². The third kappa shape index (κ3) is 4.95. The van der Waals surface area contributed by atoms with Gasteiger partial charge in [-0.15, -0.1) is 0 Å². The van der Waals surface area contributed by atoms with Crippen LogP contribution < -0.4 is 0 Å². The maximum Gasteiger partial charge on any atom is 0.310 e. The van der Waals surface area contributed by atoms with Crippen molar-refractivity contribution in [3.63, 3.8) is 0 Å². The van der Waals surface area contributed by atoms with Crippen LogP contribution in [0.4, 0.5) is 0 Å². The number of sulfonamides is 1. The number of rotatable bonds is 5. The quantitative estimate of drug-likeness (QED) is 0.726. The van der Waals surface area contributed by atoms with E-state index in [1.165, 1.54) is 42.7 Å². The topological polar surface area (TPSA) is 63.7 Å². The van der Waals surface area contributed by atoms with Crippen molar-refractivity contribution in [2.75, 3.05) is 26.0 Å². The molecule has 22 heavy (non-hydrogen) atoms. The second kappa shape index (κ2) is 7.77. The molecule has 2 rings (SSSR count). The van der Waals surface area contributed by atoms with Crippen molar-refractivity contribution in [2.45, 2.75) is 51.9 Å². The second-order valence-corrected chi connectivity index (χ2v) is 8.85. The first kappa shape index (κ1) is 17.7. The molecule has 2 fully saturated rings. The van der Waals surface area contributed by atoms with Crippen molar-refractivity contribution < 1.29 is 17.9 Å². The minimum absolute atomic E-state index is 0.246. The molecule has 0 aromatic carbocycles. The zero-order valence-corrected chi connectivity index (χ0v) is 14.6. The summed E-state index contributed by atoms with van der Waals surface area (Å²) in [7, 11) is -3.26. The van der Waals surface area contributed by atoms with Gasteiger partial charge in [0.25, 0.3) is 0 Å². The molecule has 2 aliphatic rings. The molecule has 0 aromatic rings. The number of ether oxygens (including phenoxy) is 1. The molecule has 0 bridgehead atoms. The van der Waals surface area contributed by atoms with Crippen molar-refractivity contribution in [3.8, 4) is 0 Å². The Morgan fingerprint density at radius 3 is 2.41 bits per heavy atom. The monoisotopic (exact) mass is 331 g/mol. The first-order valence-electron chi connectivity index (χ1n) is 8.52. The first-order valence-corrected chi connectivity index (χ1v) is 10.4. The number of carbonyl (C=O) groups excluding carboxylic acids is 1. The molecule has 1 aliphatic carbocycles. The molecule has 5 nitrogen and oxygen atoms in total. The van der Waals surface area contributed by atoms with Gasteiger partial charge in [-0.1, -0.05) is 32.1 Å². The SMILES string of the molecule is CCOC(=O)C1CC(CC2CCCCC2)CN(S(C)(=O)=O)C1. The zero-order chi connectivity index (χ0) is 16.2. The van der Waals surface area contributed by atoms with Crippen LogP contribution in [-0.4, -0.2) is 44.6 Å². The fourth-order valence-electron chi connectivity index (χ4n) is 3.93. The van der Waals surface area contributed by atoms with Crippen LogP contribution in [0.1, 0.15) is 51.9 Å². The molecule has 1 heterocycles. The largest absolute Gasteiger partial charge is 0.466 e. The number of nitrogens with zero attached hydrogens (tertiary/aromatic N) is 1. The highest BCUT2D eigenvalue weighted by atomic mass is 32.2. The van der Waals surface area contributed by atoms with Crippen LogP contribution >= 0.6 is 0 Å². The van der Waals surface area contributed by atoms with Gasteiger partial charge in [-0.05, 0) is 31.6 Å². The number of esters is 1. The summed E-state index contributed by atoms with van der Waals surface area (Å²) >= 11 is 0. The van der Waals surface area contributed by atoms with E-state index in [9.17, 15) is 13.2 Å². The van der Waals surface area contributed by atoms with Gasteiger partial charge in [0.05, 0.1) is 18.8 Å². The van der Waals surface area contributed by atoms with Crippen LogP contribution in [0.15, 0.2) is 0 Å². The predicted molar refractivity (Wildman–Crippen MR) is 85.8 cm³/mol. The Balaban J connectivity index is 2.02. The highest BCUT2D eigenvalue weighted by Gasteiger charge is 2.37. The Hall–Kier alpha value is -0.620. The Morgan fingerprint density at radius 2 is 1.82 bits per heavy atom.